The number of rotatable bonds is 6. The molecule has 4 aliphatic rings. The van der Waals surface area contributed by atoms with Gasteiger partial charge in [-0.3, -0.25) is 14.6 Å². The summed E-state index contributed by atoms with van der Waals surface area (Å²) < 4.78 is 0. The highest BCUT2D eigenvalue weighted by atomic mass is 16.6. The Morgan fingerprint density at radius 2 is 1.94 bits per heavy atom. The first kappa shape index (κ1) is 25.1. The number of pyridine rings is 1. The van der Waals surface area contributed by atoms with Crippen LogP contribution in [-0.4, -0.2) is 39.7 Å². The predicted octanol–water partition coefficient (Wildman–Crippen LogP) is 4.35. The van der Waals surface area contributed by atoms with Crippen LogP contribution in [-0.2, 0) is 21.0 Å². The minimum absolute atomic E-state index is 0.0579. The van der Waals surface area contributed by atoms with Gasteiger partial charge in [-0.05, 0) is 99.7 Å². The maximum Gasteiger partial charge on any atom is 0.261 e. The normalized spacial score (nSPS) is 38.4. The van der Waals surface area contributed by atoms with Gasteiger partial charge in [-0.15, -0.1) is 0 Å². The van der Waals surface area contributed by atoms with Gasteiger partial charge in [-0.2, -0.15) is 0 Å². The highest BCUT2D eigenvalue weighted by Crippen LogP contribution is 2.67. The van der Waals surface area contributed by atoms with Crippen molar-refractivity contribution < 1.29 is 19.5 Å². The van der Waals surface area contributed by atoms with Crippen LogP contribution in [0.15, 0.2) is 41.2 Å². The van der Waals surface area contributed by atoms with Gasteiger partial charge in [-0.25, -0.2) is 0 Å². The van der Waals surface area contributed by atoms with Crippen molar-refractivity contribution in [1.82, 2.24) is 10.3 Å². The first-order valence-corrected chi connectivity index (χ1v) is 13.5. The van der Waals surface area contributed by atoms with E-state index in [4.69, 9.17) is 4.84 Å². The van der Waals surface area contributed by atoms with E-state index in [2.05, 4.69) is 35.4 Å². The van der Waals surface area contributed by atoms with Gasteiger partial charge in [0.05, 0.1) is 18.0 Å². The molecule has 0 aromatic carbocycles. The Labute approximate surface area is 213 Å². The number of ketones is 1. The van der Waals surface area contributed by atoms with Gasteiger partial charge < -0.3 is 15.3 Å². The fourth-order valence-corrected chi connectivity index (χ4v) is 8.15. The Bertz CT molecular complexity index is 1090. The summed E-state index contributed by atoms with van der Waals surface area (Å²) in [5.41, 5.74) is 1.82. The molecule has 36 heavy (non-hydrogen) atoms. The van der Waals surface area contributed by atoms with Crippen molar-refractivity contribution in [2.45, 2.75) is 84.3 Å². The summed E-state index contributed by atoms with van der Waals surface area (Å²) in [5.74, 6) is 1.26. The molecule has 1 heterocycles. The molecule has 7 heteroatoms. The van der Waals surface area contributed by atoms with Gasteiger partial charge in [-0.1, -0.05) is 30.6 Å². The molecule has 0 radical (unpaired) electrons. The molecule has 0 spiro atoms. The molecule has 0 unspecified atom stereocenters. The zero-order chi connectivity index (χ0) is 25.6. The number of amides is 1. The number of hydrogen-bond donors (Lipinski definition) is 2. The number of nitrogens with one attached hydrogen (secondary N) is 1. The molecule has 4 aliphatic carbocycles. The number of carbonyl (C=O) groups is 2. The van der Waals surface area contributed by atoms with E-state index in [-0.39, 0.29) is 29.1 Å². The predicted molar refractivity (Wildman–Crippen MR) is 137 cm³/mol. The summed E-state index contributed by atoms with van der Waals surface area (Å²) in [6.45, 7) is 6.41. The zero-order valence-electron chi connectivity index (χ0n) is 21.8. The van der Waals surface area contributed by atoms with Crippen LogP contribution in [0.1, 0.15) is 77.8 Å². The van der Waals surface area contributed by atoms with Crippen molar-refractivity contribution in [3.05, 3.63) is 41.7 Å². The number of aliphatic hydroxyl groups is 1. The van der Waals surface area contributed by atoms with Gasteiger partial charge in [0.25, 0.3) is 5.91 Å². The van der Waals surface area contributed by atoms with Gasteiger partial charge in [0.2, 0.25) is 0 Å². The van der Waals surface area contributed by atoms with E-state index in [1.165, 1.54) is 5.57 Å². The number of aromatic nitrogens is 1. The molecule has 0 aliphatic heterocycles. The smallest absolute Gasteiger partial charge is 0.261 e. The number of allylic oxidation sites excluding steroid dienone is 2. The van der Waals surface area contributed by atoms with E-state index in [1.54, 1.807) is 13.1 Å². The molecule has 1 amide bonds. The molecule has 5 rings (SSSR count). The zero-order valence-corrected chi connectivity index (χ0v) is 21.8. The quantitative estimate of drug-likeness (QED) is 0.574. The molecule has 3 saturated carbocycles. The van der Waals surface area contributed by atoms with Crippen molar-refractivity contribution >= 4 is 17.4 Å². The van der Waals surface area contributed by atoms with Crippen molar-refractivity contribution in [1.29, 1.82) is 0 Å². The molecule has 194 valence electrons. The summed E-state index contributed by atoms with van der Waals surface area (Å²) in [5, 5.41) is 18.4. The molecular weight excluding hydrogens is 454 g/mol. The second-order valence-corrected chi connectivity index (χ2v) is 11.9. The Balaban J connectivity index is 1.22. The molecule has 0 saturated heterocycles. The highest BCUT2D eigenvalue weighted by Gasteiger charge is 2.65. The van der Waals surface area contributed by atoms with E-state index in [0.717, 1.165) is 56.4 Å². The van der Waals surface area contributed by atoms with E-state index in [0.29, 0.717) is 30.7 Å². The van der Waals surface area contributed by atoms with Crippen molar-refractivity contribution in [3.63, 3.8) is 0 Å². The third kappa shape index (κ3) is 4.09. The number of carbonyl (C=O) groups excluding carboxylic acids is 2. The average Bonchev–Trinajstić information content (AvgIpc) is 3.15. The van der Waals surface area contributed by atoms with Gasteiger partial charge >= 0.3 is 0 Å². The minimum atomic E-state index is -1.16. The Morgan fingerprint density at radius 3 is 2.69 bits per heavy atom. The van der Waals surface area contributed by atoms with Gasteiger partial charge in [0.1, 0.15) is 5.60 Å². The van der Waals surface area contributed by atoms with E-state index in [9.17, 15) is 14.7 Å². The maximum atomic E-state index is 12.4. The van der Waals surface area contributed by atoms with E-state index < -0.39 is 5.60 Å². The van der Waals surface area contributed by atoms with Crippen LogP contribution in [0.25, 0.3) is 0 Å². The molecule has 2 N–H and O–H groups in total. The van der Waals surface area contributed by atoms with Crippen molar-refractivity contribution in [2.24, 2.45) is 33.7 Å². The highest BCUT2D eigenvalue weighted by molar-refractivity contribution is 5.96. The van der Waals surface area contributed by atoms with Crippen molar-refractivity contribution in [2.75, 3.05) is 6.61 Å². The van der Waals surface area contributed by atoms with Crippen molar-refractivity contribution in [3.8, 4) is 0 Å². The number of nitrogens with zero attached hydrogens (tertiary/aromatic N) is 2. The largest absolute Gasteiger partial charge is 0.385 e. The van der Waals surface area contributed by atoms with Gasteiger partial charge in [0, 0.05) is 11.6 Å². The standard InChI is InChI=1S/C29H39N3O4/c1-19(33)29(35)14-11-25-23-8-7-20-16-21(9-12-27(20,2)24(23)10-13-28(25,29)3)32-36-18-26(34)31-17-22-6-4-5-15-30-22/h4-6,15-16,23-25,35H,7-14,17-18H2,1-3H3,(H,31,34)/b32-21+/t23-,24+,25+,27+,28+,29-/m1/s1. The molecule has 0 bridgehead atoms. The fraction of sp³-hybridized carbons (Fsp3) is 0.655. The fourth-order valence-electron chi connectivity index (χ4n) is 8.15. The number of Topliss-reactive ketones (excluding diaryl/α,β-unsaturated/α-hetero) is 1. The van der Waals surface area contributed by atoms with Crippen LogP contribution in [0.2, 0.25) is 0 Å². The number of hydrogen-bond acceptors (Lipinski definition) is 6. The molecule has 3 fully saturated rings. The average molecular weight is 494 g/mol. The molecule has 1 aromatic rings. The molecule has 6 atom stereocenters. The third-order valence-corrected chi connectivity index (χ3v) is 10.3. The number of fused-ring (bicyclic) bond motifs is 5. The summed E-state index contributed by atoms with van der Waals surface area (Å²) in [6.07, 6.45) is 11.4. The summed E-state index contributed by atoms with van der Waals surface area (Å²) in [6, 6.07) is 5.60. The SMILES string of the molecule is CC(=O)[C@]1(O)CC[C@H]2[C@@H]3CCC4=C/C(=N/OCC(=O)NCc5ccccn5)CC[C@]4(C)[C@H]3CC[C@@]21C. The molecule has 7 nitrogen and oxygen atoms in total. The maximum absolute atomic E-state index is 12.4. The topological polar surface area (TPSA) is 101 Å². The van der Waals surface area contributed by atoms with Crippen LogP contribution >= 0.6 is 0 Å². The summed E-state index contributed by atoms with van der Waals surface area (Å²) in [4.78, 5) is 34.1. The second-order valence-electron chi connectivity index (χ2n) is 11.9. The number of oxime groups is 1. The third-order valence-electron chi connectivity index (χ3n) is 10.3. The first-order chi connectivity index (χ1) is 17.2. The second kappa shape index (κ2) is 9.40. The minimum Gasteiger partial charge on any atom is -0.385 e. The summed E-state index contributed by atoms with van der Waals surface area (Å²) in [7, 11) is 0. The Morgan fingerprint density at radius 1 is 1.14 bits per heavy atom. The van der Waals surface area contributed by atoms with Crippen LogP contribution in [0.4, 0.5) is 0 Å². The molecule has 1 aromatic heterocycles. The Kier molecular flexibility index (Phi) is 6.56. The summed E-state index contributed by atoms with van der Waals surface area (Å²) >= 11 is 0. The van der Waals surface area contributed by atoms with Crippen LogP contribution in [0, 0.1) is 28.6 Å². The first-order valence-electron chi connectivity index (χ1n) is 13.5. The monoisotopic (exact) mass is 493 g/mol. The Hall–Kier alpha value is -2.54. The van der Waals surface area contributed by atoms with Gasteiger partial charge in [0.15, 0.2) is 12.4 Å². The van der Waals surface area contributed by atoms with E-state index in [1.807, 2.05) is 18.2 Å². The lowest BCUT2D eigenvalue weighted by atomic mass is 9.46. The van der Waals surface area contributed by atoms with E-state index >= 15 is 0 Å². The lowest BCUT2D eigenvalue weighted by molar-refractivity contribution is -0.159. The van der Waals surface area contributed by atoms with Crippen LogP contribution in [0.5, 0.6) is 0 Å². The molecular formula is C29H39N3O4. The van der Waals surface area contributed by atoms with Crippen LogP contribution < -0.4 is 5.32 Å². The lowest BCUT2D eigenvalue weighted by Crippen LogP contribution is -2.57. The lowest BCUT2D eigenvalue weighted by Gasteiger charge is -2.59. The van der Waals surface area contributed by atoms with Crippen LogP contribution in [0.3, 0.4) is 0 Å².